The molecule has 0 atom stereocenters. The maximum Gasteiger partial charge on any atom is 0.181 e. The first-order valence-corrected chi connectivity index (χ1v) is 2.73. The molecule has 11 heavy (non-hydrogen) atoms. The molecule has 0 heterocycles. The molecule has 5 heteroatoms. The number of nitrogen functional groups attached to an aromatic ring is 1. The minimum absolute atomic E-state index is 0.291. The van der Waals surface area contributed by atoms with Crippen LogP contribution in [0.4, 0.5) is 20.2 Å². The highest BCUT2D eigenvalue weighted by Gasteiger charge is 2.11. The van der Waals surface area contributed by atoms with Crippen LogP contribution in [-0.4, -0.2) is 0 Å². The highest BCUT2D eigenvalue weighted by Crippen LogP contribution is 2.25. The first-order valence-electron chi connectivity index (χ1n) is 2.73. The Hall–Kier alpha value is -1.52. The maximum absolute atomic E-state index is 12.6. The van der Waals surface area contributed by atoms with Gasteiger partial charge in [0.1, 0.15) is 0 Å². The summed E-state index contributed by atoms with van der Waals surface area (Å²) in [4.78, 5) is 9.81. The van der Waals surface area contributed by atoms with Crippen molar-refractivity contribution in [3.05, 3.63) is 28.7 Å². The minimum Gasteiger partial charge on any atom is -0.396 e. The van der Waals surface area contributed by atoms with Crippen LogP contribution in [0.3, 0.4) is 0 Å². The predicted molar refractivity (Wildman–Crippen MR) is 36.2 cm³/mol. The second kappa shape index (κ2) is 2.61. The summed E-state index contributed by atoms with van der Waals surface area (Å²) < 4.78 is 25.0. The summed E-state index contributed by atoms with van der Waals surface area (Å²) in [5.74, 6) is -2.12. The van der Waals surface area contributed by atoms with Gasteiger partial charge in [-0.1, -0.05) is 0 Å². The number of anilines is 1. The fourth-order valence-corrected chi connectivity index (χ4v) is 0.640. The molecule has 0 fully saturated rings. The van der Waals surface area contributed by atoms with Crippen LogP contribution in [0.1, 0.15) is 0 Å². The van der Waals surface area contributed by atoms with Gasteiger partial charge in [0.05, 0.1) is 5.69 Å². The van der Waals surface area contributed by atoms with E-state index in [1.165, 1.54) is 0 Å². The molecule has 0 aliphatic rings. The van der Waals surface area contributed by atoms with Gasteiger partial charge in [-0.25, -0.2) is 8.78 Å². The minimum atomic E-state index is -1.11. The zero-order valence-corrected chi connectivity index (χ0v) is 5.34. The van der Waals surface area contributed by atoms with E-state index in [2.05, 4.69) is 5.18 Å². The van der Waals surface area contributed by atoms with Crippen LogP contribution in [0.2, 0.25) is 0 Å². The molecule has 0 unspecified atom stereocenters. The molecule has 0 bridgehead atoms. The molecule has 2 N–H and O–H groups in total. The van der Waals surface area contributed by atoms with Gasteiger partial charge in [0.25, 0.3) is 0 Å². The summed E-state index contributed by atoms with van der Waals surface area (Å²) in [6.07, 6.45) is 0. The van der Waals surface area contributed by atoms with Crippen molar-refractivity contribution in [2.75, 3.05) is 5.73 Å². The Kier molecular flexibility index (Phi) is 1.80. The summed E-state index contributed by atoms with van der Waals surface area (Å²) in [6.45, 7) is 0. The van der Waals surface area contributed by atoms with Crippen LogP contribution >= 0.6 is 0 Å². The summed E-state index contributed by atoms with van der Waals surface area (Å²) >= 11 is 0. The molecule has 0 aliphatic heterocycles. The topological polar surface area (TPSA) is 55.4 Å². The number of hydrogen-bond donors (Lipinski definition) is 1. The van der Waals surface area contributed by atoms with E-state index in [-0.39, 0.29) is 5.69 Å². The van der Waals surface area contributed by atoms with Crippen molar-refractivity contribution >= 4 is 11.4 Å². The van der Waals surface area contributed by atoms with Crippen LogP contribution in [-0.2, 0) is 0 Å². The fraction of sp³-hybridized carbons (Fsp3) is 0. The molecular formula is C6H4F2N2O. The van der Waals surface area contributed by atoms with Crippen molar-refractivity contribution in [3.63, 3.8) is 0 Å². The Bertz CT molecular complexity index is 301. The van der Waals surface area contributed by atoms with Gasteiger partial charge in [-0.3, -0.25) is 0 Å². The number of nitrogens with two attached hydrogens (primary N) is 1. The lowest BCUT2D eigenvalue weighted by Gasteiger charge is -1.97. The van der Waals surface area contributed by atoms with Crippen molar-refractivity contribution in [2.24, 2.45) is 5.18 Å². The molecule has 1 rings (SSSR count). The van der Waals surface area contributed by atoms with Gasteiger partial charge in [-0.15, -0.1) is 4.91 Å². The Morgan fingerprint density at radius 1 is 1.36 bits per heavy atom. The van der Waals surface area contributed by atoms with Crippen LogP contribution in [0.15, 0.2) is 17.3 Å². The van der Waals surface area contributed by atoms with Crippen LogP contribution in [0.25, 0.3) is 0 Å². The third-order valence-corrected chi connectivity index (χ3v) is 1.19. The quantitative estimate of drug-likeness (QED) is 0.501. The SMILES string of the molecule is Nc1ccc(F)c(N=O)c1F. The van der Waals surface area contributed by atoms with E-state index in [4.69, 9.17) is 5.73 Å². The predicted octanol–water partition coefficient (Wildman–Crippen LogP) is 1.94. The van der Waals surface area contributed by atoms with E-state index in [1.54, 1.807) is 0 Å². The Labute approximate surface area is 60.8 Å². The van der Waals surface area contributed by atoms with E-state index in [1.807, 2.05) is 0 Å². The monoisotopic (exact) mass is 158 g/mol. The lowest BCUT2D eigenvalue weighted by molar-refractivity contribution is 0.590. The number of nitrogens with zero attached hydrogens (tertiary/aromatic N) is 1. The first-order chi connectivity index (χ1) is 5.16. The average Bonchev–Trinajstić information content (AvgIpc) is 1.99. The fourth-order valence-electron chi connectivity index (χ4n) is 0.640. The molecule has 0 radical (unpaired) electrons. The number of nitroso groups, excluding NO2 is 1. The van der Waals surface area contributed by atoms with Crippen molar-refractivity contribution in [1.82, 2.24) is 0 Å². The number of halogens is 2. The number of hydrogen-bond acceptors (Lipinski definition) is 3. The molecule has 0 aliphatic carbocycles. The smallest absolute Gasteiger partial charge is 0.181 e. The van der Waals surface area contributed by atoms with E-state index in [0.717, 1.165) is 12.1 Å². The van der Waals surface area contributed by atoms with Gasteiger partial charge in [0.2, 0.25) is 0 Å². The van der Waals surface area contributed by atoms with Gasteiger partial charge >= 0.3 is 0 Å². The first kappa shape index (κ1) is 7.59. The van der Waals surface area contributed by atoms with Crippen molar-refractivity contribution in [3.8, 4) is 0 Å². The van der Waals surface area contributed by atoms with E-state index >= 15 is 0 Å². The molecule has 0 spiro atoms. The molecule has 1 aromatic carbocycles. The highest BCUT2D eigenvalue weighted by molar-refractivity contribution is 5.53. The number of rotatable bonds is 1. The van der Waals surface area contributed by atoms with Crippen LogP contribution in [0, 0.1) is 16.5 Å². The third kappa shape index (κ3) is 1.17. The van der Waals surface area contributed by atoms with E-state index in [0.29, 0.717) is 0 Å². The third-order valence-electron chi connectivity index (χ3n) is 1.19. The molecule has 0 saturated carbocycles. The highest BCUT2D eigenvalue weighted by atomic mass is 19.1. The number of benzene rings is 1. The van der Waals surface area contributed by atoms with Crippen molar-refractivity contribution in [2.45, 2.75) is 0 Å². The second-order valence-corrected chi connectivity index (χ2v) is 1.89. The van der Waals surface area contributed by atoms with E-state index < -0.39 is 17.3 Å². The zero-order chi connectivity index (χ0) is 8.43. The summed E-state index contributed by atoms with van der Waals surface area (Å²) in [5, 5.41) is 2.15. The van der Waals surface area contributed by atoms with Gasteiger partial charge < -0.3 is 5.73 Å². The molecule has 0 amide bonds. The molecule has 1 aromatic rings. The second-order valence-electron chi connectivity index (χ2n) is 1.89. The van der Waals surface area contributed by atoms with Gasteiger partial charge in [0, 0.05) is 0 Å². The molecule has 3 nitrogen and oxygen atoms in total. The molecule has 58 valence electrons. The molecule has 0 saturated heterocycles. The summed E-state index contributed by atoms with van der Waals surface area (Å²) in [6, 6.07) is 1.91. The lowest BCUT2D eigenvalue weighted by Crippen LogP contribution is -1.91. The molecular weight excluding hydrogens is 154 g/mol. The van der Waals surface area contributed by atoms with Gasteiger partial charge in [-0.05, 0) is 17.3 Å². The maximum atomic E-state index is 12.6. The van der Waals surface area contributed by atoms with Gasteiger partial charge in [0.15, 0.2) is 17.3 Å². The standard InChI is InChI=1S/C6H4F2N2O/c7-3-1-2-4(9)5(8)6(3)10-11/h1-2H,9H2. The largest absolute Gasteiger partial charge is 0.396 e. The summed E-state index contributed by atoms with van der Waals surface area (Å²) in [7, 11) is 0. The van der Waals surface area contributed by atoms with Crippen LogP contribution in [0.5, 0.6) is 0 Å². The Morgan fingerprint density at radius 3 is 2.45 bits per heavy atom. The summed E-state index contributed by atoms with van der Waals surface area (Å²) in [5.41, 5.74) is 3.86. The van der Waals surface area contributed by atoms with Crippen LogP contribution < -0.4 is 5.73 Å². The lowest BCUT2D eigenvalue weighted by atomic mass is 10.2. The van der Waals surface area contributed by atoms with Crippen molar-refractivity contribution < 1.29 is 8.78 Å². The van der Waals surface area contributed by atoms with Crippen molar-refractivity contribution in [1.29, 1.82) is 0 Å². The van der Waals surface area contributed by atoms with E-state index in [9.17, 15) is 13.7 Å². The molecule has 0 aromatic heterocycles. The Morgan fingerprint density at radius 2 is 2.00 bits per heavy atom. The average molecular weight is 158 g/mol. The normalized spacial score (nSPS) is 9.64. The van der Waals surface area contributed by atoms with Gasteiger partial charge in [-0.2, -0.15) is 0 Å². The zero-order valence-electron chi connectivity index (χ0n) is 5.34. The Balaban J connectivity index is 3.40.